The Labute approximate surface area is 207 Å². The molecule has 1 N–H and O–H groups in total. The molecule has 1 heterocycles. The first-order valence-corrected chi connectivity index (χ1v) is 12.2. The molecule has 35 heavy (non-hydrogen) atoms. The van der Waals surface area contributed by atoms with E-state index in [2.05, 4.69) is 13.8 Å². The molecule has 1 atom stereocenters. The maximum absolute atomic E-state index is 13.6. The fourth-order valence-electron chi connectivity index (χ4n) is 4.08. The Kier molecular flexibility index (Phi) is 8.93. The van der Waals surface area contributed by atoms with E-state index in [0.29, 0.717) is 48.3 Å². The molecule has 0 aromatic heterocycles. The van der Waals surface area contributed by atoms with E-state index in [9.17, 15) is 14.7 Å². The van der Waals surface area contributed by atoms with Crippen LogP contribution >= 0.6 is 0 Å². The van der Waals surface area contributed by atoms with E-state index in [-0.39, 0.29) is 5.57 Å². The molecule has 188 valence electrons. The molecule has 0 bridgehead atoms. The van der Waals surface area contributed by atoms with Gasteiger partial charge in [0, 0.05) is 18.5 Å². The molecule has 7 heteroatoms. The topological polar surface area (TPSA) is 83.3 Å². The minimum absolute atomic E-state index is 0.00721. The summed E-state index contributed by atoms with van der Waals surface area (Å²) >= 11 is 0. The van der Waals surface area contributed by atoms with Gasteiger partial charge in [-0.15, -0.1) is 0 Å². The van der Waals surface area contributed by atoms with Crippen LogP contribution in [0.2, 0.25) is 0 Å². The van der Waals surface area contributed by atoms with Crippen molar-refractivity contribution in [3.63, 3.8) is 0 Å². The van der Waals surface area contributed by atoms with E-state index in [4.69, 9.17) is 9.47 Å². The summed E-state index contributed by atoms with van der Waals surface area (Å²) in [6.07, 6.45) is 0.720. The third-order valence-corrected chi connectivity index (χ3v) is 5.81. The molecule has 1 saturated heterocycles. The Balaban J connectivity index is 1.99. The third kappa shape index (κ3) is 6.42. The number of benzene rings is 2. The highest BCUT2D eigenvalue weighted by Crippen LogP contribution is 2.39. The normalized spacial score (nSPS) is 17.5. The average Bonchev–Trinajstić information content (AvgIpc) is 3.08. The van der Waals surface area contributed by atoms with Crippen LogP contribution < -0.4 is 19.5 Å². The quantitative estimate of drug-likeness (QED) is 0.302. The lowest BCUT2D eigenvalue weighted by Gasteiger charge is -2.28. The summed E-state index contributed by atoms with van der Waals surface area (Å²) in [6, 6.07) is 13.3. The number of carbonyl (C=O) groups excluding carboxylic acids is 2. The lowest BCUT2D eigenvalue weighted by Crippen LogP contribution is -3.05. The van der Waals surface area contributed by atoms with Gasteiger partial charge in [0.15, 0.2) is 0 Å². The largest absolute Gasteiger partial charge is 0.872 e. The van der Waals surface area contributed by atoms with Crippen LogP contribution in [-0.2, 0) is 9.59 Å². The van der Waals surface area contributed by atoms with Crippen molar-refractivity contribution in [2.75, 3.05) is 40.4 Å². The van der Waals surface area contributed by atoms with E-state index in [0.717, 1.165) is 13.0 Å². The molecule has 0 saturated carbocycles. The van der Waals surface area contributed by atoms with Crippen LogP contribution in [0.3, 0.4) is 0 Å². The number of ketones is 1. The number of hydrogen-bond donors (Lipinski definition) is 1. The van der Waals surface area contributed by atoms with E-state index in [1.807, 2.05) is 33.2 Å². The van der Waals surface area contributed by atoms with E-state index in [1.54, 1.807) is 36.4 Å². The molecule has 1 fully saturated rings. The van der Waals surface area contributed by atoms with Crippen LogP contribution in [0.5, 0.6) is 11.5 Å². The Morgan fingerprint density at radius 2 is 1.60 bits per heavy atom. The molecule has 1 unspecified atom stereocenters. The fraction of sp³-hybridized carbons (Fsp3) is 0.429. The third-order valence-electron chi connectivity index (χ3n) is 5.81. The van der Waals surface area contributed by atoms with Gasteiger partial charge in [-0.05, 0) is 48.2 Å². The summed E-state index contributed by atoms with van der Waals surface area (Å²) in [5.74, 6) is -0.0594. The second-order valence-electron chi connectivity index (χ2n) is 9.51. The Morgan fingerprint density at radius 1 is 1.00 bits per heavy atom. The molecular formula is C28H36N2O5. The molecule has 1 amide bonds. The zero-order valence-corrected chi connectivity index (χ0v) is 21.3. The van der Waals surface area contributed by atoms with Gasteiger partial charge in [-0.3, -0.25) is 9.59 Å². The standard InChI is InChI=1S/C28H36N2O5/c1-6-34-22-12-8-20(9-13-22)25-24(27(32)28(33)30(25)17-7-16-29(4)5)26(31)21-10-14-23(15-11-21)35-18-19(2)3/h8-15,19,25,31H,6-7,16-18H2,1-5H3. The second kappa shape index (κ2) is 11.9. The first-order valence-electron chi connectivity index (χ1n) is 12.2. The molecule has 1 aliphatic rings. The Hall–Kier alpha value is -3.32. The van der Waals surface area contributed by atoms with Crippen LogP contribution in [0.15, 0.2) is 54.1 Å². The lowest BCUT2D eigenvalue weighted by molar-refractivity contribution is -0.858. The molecule has 2 aromatic carbocycles. The number of carbonyl (C=O) groups is 2. The molecular weight excluding hydrogens is 444 g/mol. The number of ether oxygens (including phenoxy) is 2. The zero-order valence-electron chi connectivity index (χ0n) is 21.3. The SMILES string of the molecule is CCOc1ccc(C2C(=C([O-])c3ccc(OCC(C)C)cc3)C(=O)C(=O)N2CCC[NH+](C)C)cc1. The number of nitrogens with zero attached hydrogens (tertiary/aromatic N) is 1. The molecule has 7 nitrogen and oxygen atoms in total. The van der Waals surface area contributed by atoms with Gasteiger partial charge in [-0.1, -0.05) is 43.9 Å². The number of hydrogen-bond acceptors (Lipinski definition) is 5. The molecule has 1 aliphatic heterocycles. The highest BCUT2D eigenvalue weighted by Gasteiger charge is 2.43. The van der Waals surface area contributed by atoms with Gasteiger partial charge in [-0.25, -0.2) is 0 Å². The number of nitrogens with one attached hydrogen (secondary N) is 1. The van der Waals surface area contributed by atoms with Gasteiger partial charge < -0.3 is 24.4 Å². The van der Waals surface area contributed by atoms with Crippen LogP contribution in [0, 0.1) is 5.92 Å². The molecule has 0 spiro atoms. The van der Waals surface area contributed by atoms with E-state index in [1.165, 1.54) is 9.80 Å². The summed E-state index contributed by atoms with van der Waals surface area (Å²) in [7, 11) is 4.08. The van der Waals surface area contributed by atoms with Crippen molar-refractivity contribution in [2.45, 2.75) is 33.2 Å². The number of amides is 1. The van der Waals surface area contributed by atoms with Gasteiger partial charge >= 0.3 is 0 Å². The maximum Gasteiger partial charge on any atom is 0.295 e. The summed E-state index contributed by atoms with van der Waals surface area (Å²) in [6.45, 7) is 8.36. The van der Waals surface area contributed by atoms with Gasteiger partial charge in [0.1, 0.15) is 11.5 Å². The van der Waals surface area contributed by atoms with Crippen molar-refractivity contribution in [3.05, 3.63) is 65.2 Å². The molecule has 2 aromatic rings. The average molecular weight is 481 g/mol. The van der Waals surface area contributed by atoms with Crippen LogP contribution in [0.4, 0.5) is 0 Å². The highest BCUT2D eigenvalue weighted by molar-refractivity contribution is 6.46. The maximum atomic E-state index is 13.6. The monoisotopic (exact) mass is 480 g/mol. The summed E-state index contributed by atoms with van der Waals surface area (Å²) in [5, 5.41) is 13.6. The summed E-state index contributed by atoms with van der Waals surface area (Å²) in [4.78, 5) is 28.9. The van der Waals surface area contributed by atoms with Crippen molar-refractivity contribution in [1.82, 2.24) is 4.90 Å². The number of Topliss-reactive ketones (excluding diaryl/α,β-unsaturated/α-hetero) is 1. The van der Waals surface area contributed by atoms with Crippen molar-refractivity contribution in [2.24, 2.45) is 5.92 Å². The Bertz CT molecular complexity index is 1040. The number of quaternary nitrogens is 1. The van der Waals surface area contributed by atoms with Crippen molar-refractivity contribution in [3.8, 4) is 11.5 Å². The smallest absolute Gasteiger partial charge is 0.295 e. The van der Waals surface area contributed by atoms with Crippen molar-refractivity contribution < 1.29 is 29.1 Å². The fourth-order valence-corrected chi connectivity index (χ4v) is 4.08. The zero-order chi connectivity index (χ0) is 25.5. The van der Waals surface area contributed by atoms with Crippen LogP contribution in [0.1, 0.15) is 44.4 Å². The second-order valence-corrected chi connectivity index (χ2v) is 9.51. The predicted molar refractivity (Wildman–Crippen MR) is 133 cm³/mol. The predicted octanol–water partition coefficient (Wildman–Crippen LogP) is 1.88. The summed E-state index contributed by atoms with van der Waals surface area (Å²) < 4.78 is 11.2. The van der Waals surface area contributed by atoms with Crippen molar-refractivity contribution in [1.29, 1.82) is 0 Å². The first kappa shape index (κ1) is 26.3. The van der Waals surface area contributed by atoms with Crippen LogP contribution in [0.25, 0.3) is 5.76 Å². The highest BCUT2D eigenvalue weighted by atomic mass is 16.5. The first-order chi connectivity index (χ1) is 16.7. The van der Waals surface area contributed by atoms with Crippen LogP contribution in [-0.4, -0.2) is 57.0 Å². The van der Waals surface area contributed by atoms with Gasteiger partial charge in [-0.2, -0.15) is 0 Å². The number of rotatable bonds is 11. The van der Waals surface area contributed by atoms with Gasteiger partial charge in [0.2, 0.25) is 5.78 Å². The molecule has 3 rings (SSSR count). The van der Waals surface area contributed by atoms with Crippen molar-refractivity contribution >= 4 is 17.4 Å². The number of likely N-dealkylation sites (tertiary alicyclic amines) is 1. The van der Waals surface area contributed by atoms with E-state index >= 15 is 0 Å². The minimum atomic E-state index is -0.730. The van der Waals surface area contributed by atoms with Gasteiger partial charge in [0.25, 0.3) is 5.91 Å². The molecule has 0 radical (unpaired) electrons. The summed E-state index contributed by atoms with van der Waals surface area (Å²) in [5.41, 5.74) is 1.06. The molecule has 0 aliphatic carbocycles. The lowest BCUT2D eigenvalue weighted by atomic mass is 9.95. The van der Waals surface area contributed by atoms with E-state index < -0.39 is 23.5 Å². The van der Waals surface area contributed by atoms with Gasteiger partial charge in [0.05, 0.1) is 39.9 Å². The minimum Gasteiger partial charge on any atom is -0.872 e. The Morgan fingerprint density at radius 3 is 2.17 bits per heavy atom.